The van der Waals surface area contributed by atoms with Gasteiger partial charge in [0.05, 0.1) is 34.5 Å². The smallest absolute Gasteiger partial charge is 0.378 e. The summed E-state index contributed by atoms with van der Waals surface area (Å²) in [5.41, 5.74) is -1.06. The highest BCUT2D eigenvalue weighted by Crippen LogP contribution is 2.37. The number of pyridine rings is 1. The lowest BCUT2D eigenvalue weighted by Gasteiger charge is -2.18. The van der Waals surface area contributed by atoms with Gasteiger partial charge >= 0.3 is 12.4 Å². The number of para-hydroxylation sites is 1. The number of benzene rings is 3. The molecule has 192 valence electrons. The molecule has 0 bridgehead atoms. The van der Waals surface area contributed by atoms with Gasteiger partial charge in [0, 0.05) is 24.6 Å². The van der Waals surface area contributed by atoms with Crippen molar-refractivity contribution in [3.8, 4) is 11.1 Å². The number of carbonyl (C=O) groups excluding carboxylic acids is 1. The van der Waals surface area contributed by atoms with Gasteiger partial charge in [-0.1, -0.05) is 48.5 Å². The summed E-state index contributed by atoms with van der Waals surface area (Å²) in [4.78, 5) is 18.0. The number of carbonyl (C=O) groups is 1. The van der Waals surface area contributed by atoms with E-state index in [0.29, 0.717) is 34.2 Å². The molecule has 4 aromatic rings. The number of nitrogens with zero attached hydrogens (tertiary/aromatic N) is 1. The van der Waals surface area contributed by atoms with Gasteiger partial charge in [-0.2, -0.15) is 26.3 Å². The fourth-order valence-corrected chi connectivity index (χ4v) is 4.05. The molecular formula is C27H20F6N2O2. The van der Waals surface area contributed by atoms with Gasteiger partial charge in [0.25, 0.3) is 5.91 Å². The van der Waals surface area contributed by atoms with Crippen molar-refractivity contribution in [1.82, 2.24) is 10.3 Å². The summed E-state index contributed by atoms with van der Waals surface area (Å²) in [6.45, 7) is -0.617. The van der Waals surface area contributed by atoms with Gasteiger partial charge < -0.3 is 10.1 Å². The minimum Gasteiger partial charge on any atom is -0.378 e. The fourth-order valence-electron chi connectivity index (χ4n) is 4.05. The van der Waals surface area contributed by atoms with E-state index >= 15 is 0 Å². The van der Waals surface area contributed by atoms with Crippen LogP contribution in [0.1, 0.15) is 32.7 Å². The molecule has 37 heavy (non-hydrogen) atoms. The standard InChI is InChI=1S/C27H20F6N2O2/c1-37-15-22-24(23(17-7-3-2-4-8-17)20-9-5-6-10-21(20)35-22)25(36)34-14-16-11-18(26(28,29)30)13-19(12-16)27(31,32)33/h2-13H,14-15H2,1H3,(H,34,36). The minimum atomic E-state index is -4.99. The molecule has 0 aliphatic rings. The second-order valence-electron chi connectivity index (χ2n) is 8.22. The van der Waals surface area contributed by atoms with Crippen LogP contribution in [0.15, 0.2) is 72.8 Å². The van der Waals surface area contributed by atoms with Crippen LogP contribution in [0, 0.1) is 0 Å². The number of aromatic nitrogens is 1. The SMILES string of the molecule is COCc1nc2ccccc2c(-c2ccccc2)c1C(=O)NCc1cc(C(F)(F)F)cc(C(F)(F)F)c1. The number of halogens is 6. The van der Waals surface area contributed by atoms with Crippen molar-refractivity contribution in [2.24, 2.45) is 0 Å². The number of hydrogen-bond acceptors (Lipinski definition) is 3. The molecule has 0 atom stereocenters. The average molecular weight is 518 g/mol. The first-order valence-corrected chi connectivity index (χ1v) is 11.0. The first kappa shape index (κ1) is 26.2. The quantitative estimate of drug-likeness (QED) is 0.279. The van der Waals surface area contributed by atoms with Gasteiger partial charge in [0.2, 0.25) is 0 Å². The van der Waals surface area contributed by atoms with Crippen molar-refractivity contribution < 1.29 is 35.9 Å². The molecule has 0 unspecified atom stereocenters. The number of amides is 1. The molecule has 1 amide bonds. The Morgan fingerprint density at radius 2 is 1.46 bits per heavy atom. The monoisotopic (exact) mass is 518 g/mol. The summed E-state index contributed by atoms with van der Waals surface area (Å²) in [6.07, 6.45) is -9.98. The summed E-state index contributed by atoms with van der Waals surface area (Å²) >= 11 is 0. The highest BCUT2D eigenvalue weighted by Gasteiger charge is 2.37. The Bertz CT molecular complexity index is 1400. The molecule has 10 heteroatoms. The van der Waals surface area contributed by atoms with Crippen molar-refractivity contribution in [2.75, 3.05) is 7.11 Å². The van der Waals surface area contributed by atoms with Gasteiger partial charge in [0.1, 0.15) is 0 Å². The molecule has 0 aliphatic heterocycles. The normalized spacial score (nSPS) is 12.1. The second-order valence-corrected chi connectivity index (χ2v) is 8.22. The molecular weight excluding hydrogens is 498 g/mol. The maximum Gasteiger partial charge on any atom is 0.416 e. The van der Waals surface area contributed by atoms with Crippen LogP contribution in [-0.4, -0.2) is 18.0 Å². The van der Waals surface area contributed by atoms with Crippen LogP contribution in [0.25, 0.3) is 22.0 Å². The number of methoxy groups -OCH3 is 1. The van der Waals surface area contributed by atoms with Gasteiger partial charge in [-0.25, -0.2) is 4.98 Å². The Labute approximate surface area is 207 Å². The van der Waals surface area contributed by atoms with Crippen LogP contribution >= 0.6 is 0 Å². The highest BCUT2D eigenvalue weighted by atomic mass is 19.4. The summed E-state index contributed by atoms with van der Waals surface area (Å²) in [6, 6.07) is 17.3. The number of nitrogens with one attached hydrogen (secondary N) is 1. The number of hydrogen-bond donors (Lipinski definition) is 1. The zero-order chi connectivity index (χ0) is 26.8. The maximum absolute atomic E-state index is 13.5. The number of ether oxygens (including phenoxy) is 1. The number of alkyl halides is 6. The van der Waals surface area contributed by atoms with E-state index in [9.17, 15) is 31.1 Å². The van der Waals surface area contributed by atoms with Crippen molar-refractivity contribution in [3.05, 3.63) is 101 Å². The molecule has 1 aromatic heterocycles. The molecule has 0 radical (unpaired) electrons. The highest BCUT2D eigenvalue weighted by molar-refractivity contribution is 6.09. The molecule has 3 aromatic carbocycles. The molecule has 1 N–H and O–H groups in total. The van der Waals surface area contributed by atoms with E-state index in [1.165, 1.54) is 7.11 Å². The molecule has 0 fully saturated rings. The largest absolute Gasteiger partial charge is 0.416 e. The average Bonchev–Trinajstić information content (AvgIpc) is 2.86. The molecule has 0 aliphatic carbocycles. The Kier molecular flexibility index (Phi) is 7.22. The molecule has 0 spiro atoms. The second kappa shape index (κ2) is 10.2. The van der Waals surface area contributed by atoms with Crippen LogP contribution in [0.2, 0.25) is 0 Å². The zero-order valence-electron chi connectivity index (χ0n) is 19.4. The van der Waals surface area contributed by atoms with Gasteiger partial charge in [0.15, 0.2) is 0 Å². The van der Waals surface area contributed by atoms with Gasteiger partial charge in [-0.05, 0) is 35.4 Å². The van der Waals surface area contributed by atoms with E-state index in [0.717, 1.165) is 0 Å². The molecule has 1 heterocycles. The number of fused-ring (bicyclic) bond motifs is 1. The third kappa shape index (κ3) is 5.75. The van der Waals surface area contributed by atoms with E-state index < -0.39 is 35.9 Å². The Hall–Kier alpha value is -3.92. The van der Waals surface area contributed by atoms with Crippen LogP contribution < -0.4 is 5.32 Å². The summed E-state index contributed by atoms with van der Waals surface area (Å²) < 4.78 is 84.7. The van der Waals surface area contributed by atoms with Gasteiger partial charge in [-0.15, -0.1) is 0 Å². The Morgan fingerprint density at radius 1 is 0.865 bits per heavy atom. The fraction of sp³-hybridized carbons (Fsp3) is 0.185. The van der Waals surface area contributed by atoms with E-state index in [4.69, 9.17) is 4.74 Å². The lowest BCUT2D eigenvalue weighted by atomic mass is 9.93. The molecule has 4 rings (SSSR count). The maximum atomic E-state index is 13.5. The predicted molar refractivity (Wildman–Crippen MR) is 126 cm³/mol. The lowest BCUT2D eigenvalue weighted by molar-refractivity contribution is -0.143. The third-order valence-electron chi connectivity index (χ3n) is 5.64. The minimum absolute atomic E-state index is 0.0444. The van der Waals surface area contributed by atoms with Crippen LogP contribution in [0.4, 0.5) is 26.3 Å². The van der Waals surface area contributed by atoms with E-state index in [1.807, 2.05) is 0 Å². The van der Waals surface area contributed by atoms with Crippen molar-refractivity contribution >= 4 is 16.8 Å². The first-order valence-electron chi connectivity index (χ1n) is 11.0. The van der Waals surface area contributed by atoms with Crippen LogP contribution in [0.3, 0.4) is 0 Å². The first-order chi connectivity index (χ1) is 17.5. The summed E-state index contributed by atoms with van der Waals surface area (Å²) in [7, 11) is 1.42. The van der Waals surface area contributed by atoms with E-state index in [2.05, 4.69) is 10.3 Å². The lowest BCUT2D eigenvalue weighted by Crippen LogP contribution is -2.26. The zero-order valence-corrected chi connectivity index (χ0v) is 19.4. The Balaban J connectivity index is 1.79. The van der Waals surface area contributed by atoms with Gasteiger partial charge in [-0.3, -0.25) is 4.79 Å². The third-order valence-corrected chi connectivity index (χ3v) is 5.64. The molecule has 4 nitrogen and oxygen atoms in total. The van der Waals surface area contributed by atoms with Crippen molar-refractivity contribution in [1.29, 1.82) is 0 Å². The number of rotatable bonds is 6. The topological polar surface area (TPSA) is 51.2 Å². The predicted octanol–water partition coefficient (Wildman–Crippen LogP) is 7.02. The Morgan fingerprint density at radius 3 is 2.05 bits per heavy atom. The van der Waals surface area contributed by atoms with Crippen molar-refractivity contribution in [2.45, 2.75) is 25.5 Å². The van der Waals surface area contributed by atoms with E-state index in [1.54, 1.807) is 54.6 Å². The molecule has 0 saturated heterocycles. The summed E-state index contributed by atoms with van der Waals surface area (Å²) in [5, 5.41) is 3.13. The van der Waals surface area contributed by atoms with E-state index in [-0.39, 0.29) is 29.5 Å². The van der Waals surface area contributed by atoms with Crippen LogP contribution in [-0.2, 0) is 30.2 Å². The van der Waals surface area contributed by atoms with Crippen molar-refractivity contribution in [3.63, 3.8) is 0 Å². The van der Waals surface area contributed by atoms with Crippen LogP contribution in [0.5, 0.6) is 0 Å². The summed E-state index contributed by atoms with van der Waals surface area (Å²) in [5.74, 6) is -0.713. The molecule has 0 saturated carbocycles.